The molecule has 1 aliphatic carbocycles. The maximum absolute atomic E-state index is 13.9. The van der Waals surface area contributed by atoms with Gasteiger partial charge in [-0.1, -0.05) is 55.8 Å². The summed E-state index contributed by atoms with van der Waals surface area (Å²) in [5.74, 6) is -0.922. The van der Waals surface area contributed by atoms with Crippen LogP contribution in [0.1, 0.15) is 43.4 Å². The van der Waals surface area contributed by atoms with Gasteiger partial charge >= 0.3 is 12.1 Å². The minimum atomic E-state index is -4.53. The predicted octanol–water partition coefficient (Wildman–Crippen LogP) is 5.99. The van der Waals surface area contributed by atoms with Crippen molar-refractivity contribution in [2.45, 2.75) is 52.2 Å². The van der Waals surface area contributed by atoms with Gasteiger partial charge in [-0.25, -0.2) is 0 Å². The Morgan fingerprint density at radius 1 is 1.18 bits per heavy atom. The maximum atomic E-state index is 13.9. The quantitative estimate of drug-likeness (QED) is 0.237. The van der Waals surface area contributed by atoms with E-state index >= 15 is 0 Å². The van der Waals surface area contributed by atoms with Crippen LogP contribution in [0.25, 0.3) is 0 Å². The average Bonchev–Trinajstić information content (AvgIpc) is 2.89. The van der Waals surface area contributed by atoms with E-state index in [0.717, 1.165) is 11.6 Å². The van der Waals surface area contributed by atoms with Crippen molar-refractivity contribution in [1.82, 2.24) is 10.2 Å². The highest BCUT2D eigenvalue weighted by molar-refractivity contribution is 6.30. The van der Waals surface area contributed by atoms with Gasteiger partial charge in [-0.3, -0.25) is 15.0 Å². The van der Waals surface area contributed by atoms with E-state index < -0.39 is 35.9 Å². The van der Waals surface area contributed by atoms with Crippen LogP contribution in [-0.4, -0.2) is 55.3 Å². The third-order valence-electron chi connectivity index (χ3n) is 6.83. The second-order valence-corrected chi connectivity index (χ2v) is 10.1. The van der Waals surface area contributed by atoms with Crippen LogP contribution in [-0.2, 0) is 22.5 Å². The van der Waals surface area contributed by atoms with Gasteiger partial charge in [-0.05, 0) is 60.4 Å². The van der Waals surface area contributed by atoms with Crippen LogP contribution >= 0.6 is 11.6 Å². The van der Waals surface area contributed by atoms with Crippen LogP contribution in [0.4, 0.5) is 13.2 Å². The number of halogens is 4. The summed E-state index contributed by atoms with van der Waals surface area (Å²) >= 11 is 6.06. The lowest BCUT2D eigenvalue weighted by molar-refractivity contribution is -0.142. The Hall–Kier alpha value is -2.85. The number of hydrogen-bond acceptors (Lipinski definition) is 6. The molecule has 6 nitrogen and oxygen atoms in total. The number of aliphatic hydroxyl groups is 1. The summed E-state index contributed by atoms with van der Waals surface area (Å²) in [7, 11) is 1.50. The molecule has 40 heavy (non-hydrogen) atoms. The van der Waals surface area contributed by atoms with Crippen molar-refractivity contribution in [3.63, 3.8) is 0 Å². The number of nitrogens with one attached hydrogen (secondary N) is 1. The van der Waals surface area contributed by atoms with Crippen molar-refractivity contribution in [3.8, 4) is 5.75 Å². The molecule has 0 saturated heterocycles. The molecule has 0 aliphatic heterocycles. The van der Waals surface area contributed by atoms with Gasteiger partial charge < -0.3 is 14.6 Å². The molecule has 0 radical (unpaired) electrons. The van der Waals surface area contributed by atoms with Gasteiger partial charge in [-0.2, -0.15) is 13.2 Å². The summed E-state index contributed by atoms with van der Waals surface area (Å²) in [4.78, 5) is 13.8. The fourth-order valence-electron chi connectivity index (χ4n) is 4.96. The van der Waals surface area contributed by atoms with Crippen molar-refractivity contribution >= 4 is 17.6 Å². The molecule has 218 valence electrons. The smallest absolute Gasteiger partial charge is 0.416 e. The molecule has 2 aromatic rings. The van der Waals surface area contributed by atoms with Crippen LogP contribution in [0.5, 0.6) is 5.75 Å². The van der Waals surface area contributed by atoms with Gasteiger partial charge in [0.15, 0.2) is 6.35 Å². The predicted molar refractivity (Wildman–Crippen MR) is 149 cm³/mol. The highest BCUT2D eigenvalue weighted by Gasteiger charge is 2.39. The maximum Gasteiger partial charge on any atom is 0.416 e. The summed E-state index contributed by atoms with van der Waals surface area (Å²) in [5.41, 5.74) is 1.93. The molecular weight excluding hydrogens is 545 g/mol. The number of ether oxygens (including phenoxy) is 2. The van der Waals surface area contributed by atoms with Crippen molar-refractivity contribution < 1.29 is 32.5 Å². The minimum absolute atomic E-state index is 0.0296. The van der Waals surface area contributed by atoms with Gasteiger partial charge in [0.2, 0.25) is 0 Å². The Bertz CT molecular complexity index is 1230. The van der Waals surface area contributed by atoms with Gasteiger partial charge in [-0.15, -0.1) is 0 Å². The van der Waals surface area contributed by atoms with Gasteiger partial charge in [0.1, 0.15) is 5.75 Å². The number of allylic oxidation sites excluding steroid dienone is 3. The lowest BCUT2D eigenvalue weighted by Crippen LogP contribution is -2.46. The molecular formula is C30H36ClF3N2O4. The fourth-order valence-corrected chi connectivity index (χ4v) is 5.18. The van der Waals surface area contributed by atoms with E-state index in [1.54, 1.807) is 55.1 Å². The number of carbonyl (C=O) groups is 1. The number of carbonyl (C=O) groups excluding carboxylic acids is 1. The van der Waals surface area contributed by atoms with Crippen molar-refractivity contribution in [1.29, 1.82) is 0 Å². The first kappa shape index (κ1) is 31.7. The number of benzene rings is 2. The normalized spacial score (nSPS) is 18.2. The largest absolute Gasteiger partial charge is 0.496 e. The molecule has 2 N–H and O–H groups in total. The Labute approximate surface area is 238 Å². The molecule has 0 saturated carbocycles. The molecule has 3 unspecified atom stereocenters. The highest BCUT2D eigenvalue weighted by Crippen LogP contribution is 2.45. The summed E-state index contributed by atoms with van der Waals surface area (Å²) in [6.07, 6.45) is -3.24. The molecule has 10 heteroatoms. The number of likely N-dealkylation sites (N-methyl/N-ethyl adjacent to an activating group) is 1. The number of rotatable bonds is 12. The van der Waals surface area contributed by atoms with Gasteiger partial charge in [0.25, 0.3) is 0 Å². The standard InChI is InChI=1S/C30H36ClF3N2O4/c1-5-36(29(38)35-17-21-8-7-9-24(31)13-21)18-22-16-23(30(32,33)34)12-19(3)28(22)25-14-20(10-11-26(25)39-4)15-27(37)40-6-2/h7-14,16,19,28-29,35,38H,5-6,15,17-18H2,1-4H3. The molecule has 0 heterocycles. The zero-order valence-corrected chi connectivity index (χ0v) is 23.9. The lowest BCUT2D eigenvalue weighted by atomic mass is 9.75. The van der Waals surface area contributed by atoms with Gasteiger partial charge in [0, 0.05) is 29.6 Å². The molecule has 0 bridgehead atoms. The average molecular weight is 581 g/mol. The monoisotopic (exact) mass is 580 g/mol. The summed E-state index contributed by atoms with van der Waals surface area (Å²) in [6.45, 7) is 6.27. The molecule has 3 rings (SSSR count). The van der Waals surface area contributed by atoms with E-state index in [1.807, 2.05) is 13.0 Å². The first-order valence-electron chi connectivity index (χ1n) is 13.2. The van der Waals surface area contributed by atoms with E-state index in [0.29, 0.717) is 40.6 Å². The van der Waals surface area contributed by atoms with Crippen molar-refractivity contribution in [2.75, 3.05) is 26.8 Å². The number of nitrogens with zero attached hydrogens (tertiary/aromatic N) is 1. The fraction of sp³-hybridized carbons (Fsp3) is 0.433. The van der Waals surface area contributed by atoms with Crippen LogP contribution in [0.15, 0.2) is 65.8 Å². The topological polar surface area (TPSA) is 71.0 Å². The third-order valence-corrected chi connectivity index (χ3v) is 7.07. The summed E-state index contributed by atoms with van der Waals surface area (Å²) < 4.78 is 52.3. The molecule has 0 amide bonds. The van der Waals surface area contributed by atoms with Crippen LogP contribution in [0.2, 0.25) is 5.02 Å². The minimum Gasteiger partial charge on any atom is -0.496 e. The van der Waals surface area contributed by atoms with Crippen LogP contribution < -0.4 is 10.1 Å². The number of hydrogen-bond donors (Lipinski definition) is 2. The van der Waals surface area contributed by atoms with E-state index in [-0.39, 0.29) is 19.6 Å². The Morgan fingerprint density at radius 3 is 2.55 bits per heavy atom. The highest BCUT2D eigenvalue weighted by atomic mass is 35.5. The first-order chi connectivity index (χ1) is 19.0. The Kier molecular flexibility index (Phi) is 11.2. The molecule has 1 aliphatic rings. The van der Waals surface area contributed by atoms with Crippen LogP contribution in [0.3, 0.4) is 0 Å². The molecule has 2 aromatic carbocycles. The van der Waals surface area contributed by atoms with E-state index in [2.05, 4.69) is 5.32 Å². The third kappa shape index (κ3) is 8.33. The molecule has 0 spiro atoms. The second kappa shape index (κ2) is 14.2. The van der Waals surface area contributed by atoms with Crippen LogP contribution in [0, 0.1) is 5.92 Å². The number of esters is 1. The van der Waals surface area contributed by atoms with Gasteiger partial charge in [0.05, 0.1) is 25.7 Å². The SMILES string of the molecule is CCOC(=O)Cc1ccc(OC)c(C2C(CN(CC)C(O)NCc3cccc(Cl)c3)=CC(C(F)(F)F)=CC2C)c1. The Balaban J connectivity index is 1.94. The van der Waals surface area contributed by atoms with E-state index in [1.165, 1.54) is 13.2 Å². The summed E-state index contributed by atoms with van der Waals surface area (Å²) in [6, 6.07) is 12.4. The molecule has 0 aromatic heterocycles. The number of alkyl halides is 3. The summed E-state index contributed by atoms with van der Waals surface area (Å²) in [5, 5.41) is 14.5. The first-order valence-corrected chi connectivity index (χ1v) is 13.6. The zero-order chi connectivity index (χ0) is 29.4. The van der Waals surface area contributed by atoms with Crippen molar-refractivity contribution in [2.24, 2.45) is 5.92 Å². The molecule has 3 atom stereocenters. The van der Waals surface area contributed by atoms with E-state index in [9.17, 15) is 23.1 Å². The lowest BCUT2D eigenvalue weighted by Gasteiger charge is -2.36. The zero-order valence-electron chi connectivity index (χ0n) is 23.1. The number of aliphatic hydroxyl groups excluding tert-OH is 1. The number of methoxy groups -OCH3 is 1. The van der Waals surface area contributed by atoms with E-state index in [4.69, 9.17) is 21.1 Å². The molecule has 0 fully saturated rings. The Morgan fingerprint density at radius 2 is 1.93 bits per heavy atom. The van der Waals surface area contributed by atoms with Crippen molar-refractivity contribution in [3.05, 3.63) is 87.5 Å². The second-order valence-electron chi connectivity index (χ2n) is 9.68.